The molecule has 0 spiro atoms. The molecule has 1 fully saturated rings. The number of carbonyl (C=O) groups excluding carboxylic acids is 1. The first kappa shape index (κ1) is 48.9. The summed E-state index contributed by atoms with van der Waals surface area (Å²) in [6.45, 7) is 52.1. The van der Waals surface area contributed by atoms with Crippen molar-refractivity contribution in [2.45, 2.75) is 220 Å². The third-order valence-electron chi connectivity index (χ3n) is 13.1. The second-order valence-corrected chi connectivity index (χ2v) is 40.6. The topological polar surface area (TPSA) is 72.5 Å². The van der Waals surface area contributed by atoms with E-state index in [2.05, 4.69) is 161 Å². The van der Waals surface area contributed by atoms with Crippen molar-refractivity contribution in [1.29, 1.82) is 0 Å². The van der Waals surface area contributed by atoms with Gasteiger partial charge in [0.2, 0.25) is 6.29 Å². The van der Waals surface area contributed by atoms with Gasteiger partial charge in [0, 0.05) is 19.6 Å². The molecule has 0 saturated carbocycles. The number of ether oxygens (including phenoxy) is 2. The van der Waals surface area contributed by atoms with E-state index in [-0.39, 0.29) is 62.4 Å². The lowest BCUT2D eigenvalue weighted by atomic mass is 9.87. The van der Waals surface area contributed by atoms with Crippen LogP contribution in [0.2, 0.25) is 72.5 Å². The minimum absolute atomic E-state index is 0.0193. The molecule has 1 aliphatic rings. The SMILES string of the molecule is CC(=O)OC1O[C@@H](CCO[Si](C)(C)C(C)(C)C)[C@H](O[Si](C)(C)C(C)(C)C)[C@H](O[Si](C)(C)C(C)(C)C)[C@H]1C/C=C/[C@@H](C)[C@H](C)O[Si](C)(C)C(C)(C)C. The van der Waals surface area contributed by atoms with E-state index in [1.54, 1.807) is 0 Å². The van der Waals surface area contributed by atoms with Crippen molar-refractivity contribution in [1.82, 2.24) is 0 Å². The first-order valence-electron chi connectivity index (χ1n) is 19.6. The van der Waals surface area contributed by atoms with E-state index in [1.165, 1.54) is 6.92 Å². The average molecular weight is 789 g/mol. The second-order valence-electron chi connectivity index (χ2n) is 21.5. The van der Waals surface area contributed by atoms with Crippen LogP contribution in [0.25, 0.3) is 0 Å². The maximum absolute atomic E-state index is 12.7. The predicted molar refractivity (Wildman–Crippen MR) is 226 cm³/mol. The number of carbonyl (C=O) groups is 1. The van der Waals surface area contributed by atoms with Gasteiger partial charge in [0.1, 0.15) is 0 Å². The van der Waals surface area contributed by atoms with E-state index in [0.29, 0.717) is 19.4 Å². The van der Waals surface area contributed by atoms with Gasteiger partial charge >= 0.3 is 5.97 Å². The second kappa shape index (κ2) is 17.3. The zero-order valence-electron chi connectivity index (χ0n) is 37.7. The molecule has 1 aliphatic heterocycles. The van der Waals surface area contributed by atoms with E-state index < -0.39 is 39.6 Å². The van der Waals surface area contributed by atoms with Crippen LogP contribution in [-0.4, -0.2) is 76.6 Å². The Kier molecular flexibility index (Phi) is 16.6. The normalized spacial score (nSPS) is 24.9. The Hall–Kier alpha value is -0.122. The number of rotatable bonds is 15. The highest BCUT2D eigenvalue weighted by Crippen LogP contribution is 2.46. The fourth-order valence-electron chi connectivity index (χ4n) is 5.05. The largest absolute Gasteiger partial charge is 0.435 e. The molecule has 0 aromatic rings. The molecule has 11 heteroatoms. The molecular weight excluding hydrogens is 705 g/mol. The fraction of sp³-hybridized carbons (Fsp3) is 0.925. The van der Waals surface area contributed by atoms with Crippen LogP contribution in [0.4, 0.5) is 0 Å². The highest BCUT2D eigenvalue weighted by Gasteiger charge is 2.54. The standard InChI is InChI=1S/C40H84O7Si4/c1-29(30(2)45-49(18,19)38(7,8)9)25-24-26-32-34(46-50(20,21)39(10,11)12)35(47-51(22,23)40(13,14)15)33(44-36(32)43-31(3)41)27-28-42-48(16,17)37(4,5)6/h24-25,29-30,32-36H,26-28H2,1-23H3/b25-24+/t29-,30+,32-,33+,34-,35+,36?/m1/s1. The summed E-state index contributed by atoms with van der Waals surface area (Å²) < 4.78 is 41.3. The van der Waals surface area contributed by atoms with Crippen LogP contribution in [-0.2, 0) is 32.0 Å². The summed E-state index contributed by atoms with van der Waals surface area (Å²) in [5.74, 6) is -0.407. The summed E-state index contributed by atoms with van der Waals surface area (Å²) in [5, 5.41) is 0.180. The van der Waals surface area contributed by atoms with Crippen molar-refractivity contribution in [3.8, 4) is 0 Å². The van der Waals surface area contributed by atoms with Gasteiger partial charge in [-0.25, -0.2) is 0 Å². The Morgan fingerprint density at radius 1 is 0.686 bits per heavy atom. The van der Waals surface area contributed by atoms with Crippen LogP contribution in [0.3, 0.4) is 0 Å². The fourth-order valence-corrected chi connectivity index (χ4v) is 10.3. The van der Waals surface area contributed by atoms with Crippen LogP contribution in [0.1, 0.15) is 117 Å². The molecule has 0 amide bonds. The molecule has 0 aromatic heterocycles. The van der Waals surface area contributed by atoms with Gasteiger partial charge < -0.3 is 27.2 Å². The van der Waals surface area contributed by atoms with Crippen LogP contribution >= 0.6 is 0 Å². The van der Waals surface area contributed by atoms with Gasteiger partial charge in [0.05, 0.1) is 24.2 Å². The molecule has 7 nitrogen and oxygen atoms in total. The van der Waals surface area contributed by atoms with Gasteiger partial charge in [0.25, 0.3) is 0 Å². The number of allylic oxidation sites excluding steroid dienone is 1. The number of hydrogen-bond acceptors (Lipinski definition) is 7. The molecule has 7 atom stereocenters. The van der Waals surface area contributed by atoms with Gasteiger partial charge in [0.15, 0.2) is 33.3 Å². The van der Waals surface area contributed by atoms with Crippen molar-refractivity contribution in [3.63, 3.8) is 0 Å². The summed E-state index contributed by atoms with van der Waals surface area (Å²) >= 11 is 0. The molecule has 1 saturated heterocycles. The van der Waals surface area contributed by atoms with Gasteiger partial charge in [-0.2, -0.15) is 0 Å². The van der Waals surface area contributed by atoms with Crippen LogP contribution < -0.4 is 0 Å². The van der Waals surface area contributed by atoms with Gasteiger partial charge in [-0.3, -0.25) is 4.79 Å². The van der Waals surface area contributed by atoms with Crippen LogP contribution in [0.5, 0.6) is 0 Å². The third kappa shape index (κ3) is 13.5. The molecule has 0 aliphatic carbocycles. The van der Waals surface area contributed by atoms with Crippen molar-refractivity contribution < 1.29 is 32.0 Å². The van der Waals surface area contributed by atoms with E-state index >= 15 is 0 Å². The molecule has 0 N–H and O–H groups in total. The lowest BCUT2D eigenvalue weighted by molar-refractivity contribution is -0.267. The predicted octanol–water partition coefficient (Wildman–Crippen LogP) is 12.1. The Morgan fingerprint density at radius 3 is 1.53 bits per heavy atom. The zero-order valence-corrected chi connectivity index (χ0v) is 41.7. The molecule has 1 unspecified atom stereocenters. The first-order valence-corrected chi connectivity index (χ1v) is 31.3. The Bertz CT molecular complexity index is 1140. The first-order chi connectivity index (χ1) is 22.5. The highest BCUT2D eigenvalue weighted by atomic mass is 28.4. The molecule has 0 radical (unpaired) electrons. The zero-order chi connectivity index (χ0) is 40.4. The summed E-state index contributed by atoms with van der Waals surface area (Å²) in [6.07, 6.45) is 4.01. The van der Waals surface area contributed by atoms with Gasteiger partial charge in [-0.05, 0) is 98.2 Å². The van der Waals surface area contributed by atoms with Crippen LogP contribution in [0, 0.1) is 11.8 Å². The van der Waals surface area contributed by atoms with E-state index in [1.807, 2.05) is 0 Å². The van der Waals surface area contributed by atoms with Gasteiger partial charge in [-0.1, -0.05) is 102 Å². The summed E-state index contributed by atoms with van der Waals surface area (Å²) in [7, 11) is -8.56. The monoisotopic (exact) mass is 789 g/mol. The molecule has 1 rings (SSSR count). The molecule has 0 aromatic carbocycles. The van der Waals surface area contributed by atoms with Crippen LogP contribution in [0.15, 0.2) is 12.2 Å². The minimum atomic E-state index is -2.33. The molecular formula is C40H84O7Si4. The highest BCUT2D eigenvalue weighted by molar-refractivity contribution is 6.75. The summed E-state index contributed by atoms with van der Waals surface area (Å²) in [5.41, 5.74) is 0. The number of hydrogen-bond donors (Lipinski definition) is 0. The quantitative estimate of drug-likeness (QED) is 0.0929. The Balaban J connectivity index is 3.76. The van der Waals surface area contributed by atoms with E-state index in [0.717, 1.165) is 0 Å². The van der Waals surface area contributed by atoms with E-state index in [9.17, 15) is 4.79 Å². The van der Waals surface area contributed by atoms with Crippen molar-refractivity contribution in [2.24, 2.45) is 11.8 Å². The van der Waals surface area contributed by atoms with Gasteiger partial charge in [-0.15, -0.1) is 0 Å². The lowest BCUT2D eigenvalue weighted by Crippen LogP contribution is -2.63. The van der Waals surface area contributed by atoms with Crippen molar-refractivity contribution >= 4 is 39.2 Å². The average Bonchev–Trinajstić information content (AvgIpc) is 2.88. The molecule has 51 heavy (non-hydrogen) atoms. The van der Waals surface area contributed by atoms with Crippen molar-refractivity contribution in [2.75, 3.05) is 6.61 Å². The minimum Gasteiger partial charge on any atom is -0.435 e. The Morgan fingerprint density at radius 2 is 1.12 bits per heavy atom. The van der Waals surface area contributed by atoms with Crippen molar-refractivity contribution in [3.05, 3.63) is 12.2 Å². The molecule has 1 heterocycles. The lowest BCUT2D eigenvalue weighted by Gasteiger charge is -2.53. The molecule has 302 valence electrons. The maximum atomic E-state index is 12.7. The van der Waals surface area contributed by atoms with E-state index in [4.69, 9.17) is 27.2 Å². The maximum Gasteiger partial charge on any atom is 0.304 e. The number of esters is 1. The summed E-state index contributed by atoms with van der Waals surface area (Å²) in [4.78, 5) is 12.7. The smallest absolute Gasteiger partial charge is 0.304 e. The Labute approximate surface area is 320 Å². The third-order valence-corrected chi connectivity index (χ3v) is 31.1. The summed E-state index contributed by atoms with van der Waals surface area (Å²) in [6, 6.07) is 0. The molecule has 0 bridgehead atoms.